The van der Waals surface area contributed by atoms with E-state index in [0.717, 1.165) is 36.7 Å². The quantitative estimate of drug-likeness (QED) is 0.917. The summed E-state index contributed by atoms with van der Waals surface area (Å²) in [5.41, 5.74) is 1.84. The predicted octanol–water partition coefficient (Wildman–Crippen LogP) is 2.61. The molecule has 1 aliphatic heterocycles. The first kappa shape index (κ1) is 12.5. The van der Waals surface area contributed by atoms with E-state index in [-0.39, 0.29) is 0 Å². The second-order valence-electron chi connectivity index (χ2n) is 4.85. The van der Waals surface area contributed by atoms with Crippen LogP contribution in [0.5, 0.6) is 0 Å². The number of aromatic nitrogens is 2. The molecule has 0 unspecified atom stereocenters. The van der Waals surface area contributed by atoms with E-state index in [9.17, 15) is 5.11 Å². The minimum atomic E-state index is -0.494. The van der Waals surface area contributed by atoms with Gasteiger partial charge in [0.2, 0.25) is 0 Å². The van der Waals surface area contributed by atoms with Crippen LogP contribution in [0.15, 0.2) is 30.6 Å². The van der Waals surface area contributed by atoms with Gasteiger partial charge in [-0.1, -0.05) is 17.7 Å². The number of fused-ring (bicyclic) bond motifs is 1. The molecule has 1 N–H and O–H groups in total. The van der Waals surface area contributed by atoms with Crippen LogP contribution >= 0.6 is 11.6 Å². The van der Waals surface area contributed by atoms with Gasteiger partial charge in [-0.2, -0.15) is 0 Å². The van der Waals surface area contributed by atoms with Crippen molar-refractivity contribution >= 4 is 17.3 Å². The van der Waals surface area contributed by atoms with Crippen LogP contribution in [0.2, 0.25) is 5.02 Å². The van der Waals surface area contributed by atoms with Gasteiger partial charge in [-0.15, -0.1) is 0 Å². The summed E-state index contributed by atoms with van der Waals surface area (Å²) in [6.45, 7) is 4.34. The molecule has 0 bridgehead atoms. The number of aliphatic hydroxyl groups excluding tert-OH is 1. The molecule has 0 saturated heterocycles. The summed E-state index contributed by atoms with van der Waals surface area (Å²) in [5, 5.41) is 10.2. The summed E-state index contributed by atoms with van der Waals surface area (Å²) < 4.78 is 2.16. The number of aliphatic hydroxyl groups is 1. The Morgan fingerprint density at radius 1 is 1.37 bits per heavy atom. The number of hydrogen-bond acceptors (Lipinski definition) is 3. The highest BCUT2D eigenvalue weighted by atomic mass is 35.5. The molecule has 5 heteroatoms. The lowest BCUT2D eigenvalue weighted by atomic mass is 10.1. The van der Waals surface area contributed by atoms with Gasteiger partial charge in [0.1, 0.15) is 5.82 Å². The van der Waals surface area contributed by atoms with Crippen molar-refractivity contribution < 1.29 is 5.11 Å². The first-order valence-corrected chi connectivity index (χ1v) is 6.75. The van der Waals surface area contributed by atoms with Crippen LogP contribution in [0, 0.1) is 0 Å². The monoisotopic (exact) mass is 277 g/mol. The van der Waals surface area contributed by atoms with Crippen LogP contribution in [-0.2, 0) is 13.1 Å². The smallest absolute Gasteiger partial charge is 0.128 e. The number of anilines is 1. The van der Waals surface area contributed by atoms with Gasteiger partial charge in [-0.25, -0.2) is 4.98 Å². The second-order valence-corrected chi connectivity index (χ2v) is 5.25. The third kappa shape index (κ3) is 2.33. The van der Waals surface area contributed by atoms with Crippen molar-refractivity contribution in [3.8, 4) is 0 Å². The Labute approximate surface area is 117 Å². The predicted molar refractivity (Wildman–Crippen MR) is 75.4 cm³/mol. The van der Waals surface area contributed by atoms with E-state index < -0.39 is 6.10 Å². The van der Waals surface area contributed by atoms with Crippen LogP contribution in [0.3, 0.4) is 0 Å². The van der Waals surface area contributed by atoms with Gasteiger partial charge in [-0.05, 0) is 24.6 Å². The number of nitrogens with zero attached hydrogens (tertiary/aromatic N) is 3. The highest BCUT2D eigenvalue weighted by Crippen LogP contribution is 2.31. The lowest BCUT2D eigenvalue weighted by Crippen LogP contribution is -2.33. The van der Waals surface area contributed by atoms with E-state index in [2.05, 4.69) is 14.5 Å². The zero-order chi connectivity index (χ0) is 13.4. The van der Waals surface area contributed by atoms with Crippen molar-refractivity contribution in [1.82, 2.24) is 9.55 Å². The van der Waals surface area contributed by atoms with Gasteiger partial charge in [-0.3, -0.25) is 0 Å². The first-order valence-electron chi connectivity index (χ1n) is 6.37. The van der Waals surface area contributed by atoms with Crippen molar-refractivity contribution in [2.45, 2.75) is 26.1 Å². The van der Waals surface area contributed by atoms with Crippen molar-refractivity contribution in [3.05, 3.63) is 47.0 Å². The fourth-order valence-electron chi connectivity index (χ4n) is 2.42. The SMILES string of the molecule is C[C@@H](O)c1ccc(N2CCn3ccnc3C2)c(Cl)c1. The van der Waals surface area contributed by atoms with Gasteiger partial charge in [0.15, 0.2) is 0 Å². The molecule has 2 aromatic rings. The molecule has 1 atom stereocenters. The maximum Gasteiger partial charge on any atom is 0.128 e. The van der Waals surface area contributed by atoms with Crippen molar-refractivity contribution in [3.63, 3.8) is 0 Å². The number of imidazole rings is 1. The zero-order valence-electron chi connectivity index (χ0n) is 10.8. The van der Waals surface area contributed by atoms with Crippen LogP contribution in [0.25, 0.3) is 0 Å². The van der Waals surface area contributed by atoms with Crippen LogP contribution in [0.4, 0.5) is 5.69 Å². The molecular formula is C14H16ClN3O. The Hall–Kier alpha value is -1.52. The topological polar surface area (TPSA) is 41.3 Å². The first-order chi connectivity index (χ1) is 9.15. The molecule has 3 rings (SSSR count). The summed E-state index contributed by atoms with van der Waals surface area (Å²) in [4.78, 5) is 6.56. The third-order valence-electron chi connectivity index (χ3n) is 3.54. The van der Waals surface area contributed by atoms with E-state index in [4.69, 9.17) is 11.6 Å². The molecule has 0 saturated carbocycles. The second kappa shape index (κ2) is 4.87. The minimum absolute atomic E-state index is 0.494. The fourth-order valence-corrected chi connectivity index (χ4v) is 2.73. The molecule has 0 amide bonds. The van der Waals surface area contributed by atoms with Gasteiger partial charge in [0, 0.05) is 25.5 Å². The number of halogens is 1. The molecule has 1 aromatic heterocycles. The Kier molecular flexibility index (Phi) is 3.21. The highest BCUT2D eigenvalue weighted by molar-refractivity contribution is 6.33. The van der Waals surface area contributed by atoms with Crippen LogP contribution < -0.4 is 4.90 Å². The summed E-state index contributed by atoms with van der Waals surface area (Å²) in [5.74, 6) is 1.06. The normalized spacial score (nSPS) is 16.3. The molecule has 2 heterocycles. The maximum atomic E-state index is 9.57. The Morgan fingerprint density at radius 3 is 2.95 bits per heavy atom. The van der Waals surface area contributed by atoms with E-state index in [1.54, 1.807) is 6.92 Å². The molecule has 100 valence electrons. The number of hydrogen-bond donors (Lipinski definition) is 1. The van der Waals surface area contributed by atoms with Gasteiger partial charge in [0.25, 0.3) is 0 Å². The Balaban J connectivity index is 1.88. The highest BCUT2D eigenvalue weighted by Gasteiger charge is 2.19. The van der Waals surface area contributed by atoms with Gasteiger partial charge < -0.3 is 14.6 Å². The summed E-state index contributed by atoms with van der Waals surface area (Å²) >= 11 is 6.33. The molecule has 0 radical (unpaired) electrons. The Morgan fingerprint density at radius 2 is 2.21 bits per heavy atom. The lowest BCUT2D eigenvalue weighted by molar-refractivity contribution is 0.199. The van der Waals surface area contributed by atoms with Crippen LogP contribution in [-0.4, -0.2) is 21.2 Å². The number of benzene rings is 1. The lowest BCUT2D eigenvalue weighted by Gasteiger charge is -2.30. The average Bonchev–Trinajstić information content (AvgIpc) is 2.85. The van der Waals surface area contributed by atoms with E-state index >= 15 is 0 Å². The maximum absolute atomic E-state index is 9.57. The fraction of sp³-hybridized carbons (Fsp3) is 0.357. The molecule has 1 aliphatic rings. The van der Waals surface area contributed by atoms with E-state index in [0.29, 0.717) is 5.02 Å². The van der Waals surface area contributed by atoms with Crippen molar-refractivity contribution in [2.75, 3.05) is 11.4 Å². The standard InChI is InChI=1S/C14H16ClN3O/c1-10(19)11-2-3-13(12(15)8-11)18-7-6-17-5-4-16-14(17)9-18/h2-5,8,10,19H,6-7,9H2,1H3/t10-/m1/s1. The minimum Gasteiger partial charge on any atom is -0.389 e. The van der Waals surface area contributed by atoms with E-state index in [1.807, 2.05) is 30.6 Å². The van der Waals surface area contributed by atoms with Crippen LogP contribution in [0.1, 0.15) is 24.4 Å². The summed E-state index contributed by atoms with van der Waals surface area (Å²) in [6.07, 6.45) is 3.34. The third-order valence-corrected chi connectivity index (χ3v) is 3.84. The molecule has 0 spiro atoms. The molecule has 4 nitrogen and oxygen atoms in total. The zero-order valence-corrected chi connectivity index (χ0v) is 11.5. The molecule has 1 aromatic carbocycles. The van der Waals surface area contributed by atoms with Crippen molar-refractivity contribution in [2.24, 2.45) is 0 Å². The van der Waals surface area contributed by atoms with Gasteiger partial charge in [0.05, 0.1) is 23.4 Å². The molecule has 19 heavy (non-hydrogen) atoms. The van der Waals surface area contributed by atoms with Gasteiger partial charge >= 0.3 is 0 Å². The molecule has 0 aliphatic carbocycles. The number of rotatable bonds is 2. The van der Waals surface area contributed by atoms with E-state index in [1.165, 1.54) is 0 Å². The summed E-state index contributed by atoms with van der Waals surface area (Å²) in [6, 6.07) is 5.73. The molecular weight excluding hydrogens is 262 g/mol. The summed E-state index contributed by atoms with van der Waals surface area (Å²) in [7, 11) is 0. The Bertz CT molecular complexity index is 594. The average molecular weight is 278 g/mol. The molecule has 0 fully saturated rings. The largest absolute Gasteiger partial charge is 0.389 e. The van der Waals surface area contributed by atoms with Crippen molar-refractivity contribution in [1.29, 1.82) is 0 Å².